The SMILES string of the molecule is Cc1ccc(Nc2ncnc(N3CCN(c4cccc(Cl)c4)CC3)c2[N+](=O)[O-])nc1. The first-order valence-electron chi connectivity index (χ1n) is 9.46. The second-order valence-corrected chi connectivity index (χ2v) is 7.39. The van der Waals surface area contributed by atoms with Crippen LogP contribution in [0.4, 0.5) is 28.8 Å². The number of halogens is 1. The zero-order chi connectivity index (χ0) is 21.1. The van der Waals surface area contributed by atoms with Gasteiger partial charge < -0.3 is 15.1 Å². The highest BCUT2D eigenvalue weighted by atomic mass is 35.5. The van der Waals surface area contributed by atoms with Gasteiger partial charge in [0, 0.05) is 43.1 Å². The normalized spacial score (nSPS) is 13.9. The van der Waals surface area contributed by atoms with E-state index in [4.69, 9.17) is 11.6 Å². The molecule has 0 spiro atoms. The fourth-order valence-electron chi connectivity index (χ4n) is 3.37. The summed E-state index contributed by atoms with van der Waals surface area (Å²) in [7, 11) is 0. The summed E-state index contributed by atoms with van der Waals surface area (Å²) in [6.45, 7) is 4.50. The molecule has 10 heteroatoms. The van der Waals surface area contributed by atoms with Crippen molar-refractivity contribution < 1.29 is 4.92 Å². The third-order valence-corrected chi connectivity index (χ3v) is 5.13. The molecule has 0 amide bonds. The topological polar surface area (TPSA) is 100 Å². The molecule has 30 heavy (non-hydrogen) atoms. The number of hydrogen-bond donors (Lipinski definition) is 1. The summed E-state index contributed by atoms with van der Waals surface area (Å²) in [5.74, 6) is 0.910. The predicted octanol–water partition coefficient (Wildman–Crippen LogP) is 3.81. The van der Waals surface area contributed by atoms with Crippen LogP contribution in [0.15, 0.2) is 48.9 Å². The Bertz CT molecular complexity index is 1050. The summed E-state index contributed by atoms with van der Waals surface area (Å²) in [5.41, 5.74) is 1.87. The Morgan fingerprint density at radius 2 is 1.83 bits per heavy atom. The highest BCUT2D eigenvalue weighted by Gasteiger charge is 2.29. The first-order valence-corrected chi connectivity index (χ1v) is 9.83. The van der Waals surface area contributed by atoms with Crippen LogP contribution >= 0.6 is 11.6 Å². The monoisotopic (exact) mass is 425 g/mol. The third-order valence-electron chi connectivity index (χ3n) is 4.90. The predicted molar refractivity (Wildman–Crippen MR) is 117 cm³/mol. The second kappa shape index (κ2) is 8.50. The number of nitro groups is 1. The quantitative estimate of drug-likeness (QED) is 0.486. The Morgan fingerprint density at radius 1 is 1.07 bits per heavy atom. The number of benzene rings is 1. The molecule has 1 aliphatic heterocycles. The largest absolute Gasteiger partial charge is 0.368 e. The molecule has 0 atom stereocenters. The highest BCUT2D eigenvalue weighted by Crippen LogP contribution is 2.34. The van der Waals surface area contributed by atoms with Gasteiger partial charge in [0.1, 0.15) is 12.1 Å². The van der Waals surface area contributed by atoms with Crippen molar-refractivity contribution in [2.45, 2.75) is 6.92 Å². The number of nitrogens with zero attached hydrogens (tertiary/aromatic N) is 6. The summed E-state index contributed by atoms with van der Waals surface area (Å²) in [6.07, 6.45) is 3.02. The molecule has 3 aromatic rings. The molecule has 1 saturated heterocycles. The molecule has 3 heterocycles. The van der Waals surface area contributed by atoms with Crippen molar-refractivity contribution in [2.75, 3.05) is 41.3 Å². The van der Waals surface area contributed by atoms with Gasteiger partial charge in [0.25, 0.3) is 0 Å². The van der Waals surface area contributed by atoms with E-state index in [9.17, 15) is 10.1 Å². The van der Waals surface area contributed by atoms with E-state index in [1.54, 1.807) is 12.3 Å². The zero-order valence-corrected chi connectivity index (χ0v) is 17.1. The fraction of sp³-hybridized carbons (Fsp3) is 0.250. The van der Waals surface area contributed by atoms with Gasteiger partial charge in [-0.05, 0) is 36.8 Å². The molecule has 2 aromatic heterocycles. The summed E-state index contributed by atoms with van der Waals surface area (Å²) >= 11 is 6.10. The maximum Gasteiger partial charge on any atom is 0.353 e. The summed E-state index contributed by atoms with van der Waals surface area (Å²) in [4.78, 5) is 28.1. The lowest BCUT2D eigenvalue weighted by Crippen LogP contribution is -2.47. The maximum absolute atomic E-state index is 11.9. The Kier molecular flexibility index (Phi) is 5.62. The molecule has 0 radical (unpaired) electrons. The lowest BCUT2D eigenvalue weighted by molar-refractivity contribution is -0.383. The van der Waals surface area contributed by atoms with Gasteiger partial charge in [0.05, 0.1) is 4.92 Å². The van der Waals surface area contributed by atoms with Crippen molar-refractivity contribution in [1.29, 1.82) is 0 Å². The molecule has 154 valence electrons. The maximum atomic E-state index is 11.9. The van der Waals surface area contributed by atoms with Gasteiger partial charge in [-0.25, -0.2) is 15.0 Å². The molecule has 4 rings (SSSR count). The molecule has 0 aliphatic carbocycles. The molecule has 1 aliphatic rings. The highest BCUT2D eigenvalue weighted by molar-refractivity contribution is 6.30. The summed E-state index contributed by atoms with van der Waals surface area (Å²) in [5, 5.41) is 15.5. The number of piperazine rings is 1. The fourth-order valence-corrected chi connectivity index (χ4v) is 3.56. The Morgan fingerprint density at radius 3 is 2.50 bits per heavy atom. The number of aromatic nitrogens is 3. The van der Waals surface area contributed by atoms with Crippen LogP contribution in [0.5, 0.6) is 0 Å². The van der Waals surface area contributed by atoms with Crippen LogP contribution in [0.3, 0.4) is 0 Å². The van der Waals surface area contributed by atoms with Gasteiger partial charge >= 0.3 is 5.69 Å². The van der Waals surface area contributed by atoms with Crippen LogP contribution in [-0.4, -0.2) is 46.1 Å². The lowest BCUT2D eigenvalue weighted by atomic mass is 10.2. The summed E-state index contributed by atoms with van der Waals surface area (Å²) in [6, 6.07) is 11.3. The molecule has 9 nitrogen and oxygen atoms in total. The van der Waals surface area contributed by atoms with Gasteiger partial charge in [-0.1, -0.05) is 23.7 Å². The van der Waals surface area contributed by atoms with Gasteiger partial charge in [0.2, 0.25) is 11.6 Å². The average Bonchev–Trinajstić information content (AvgIpc) is 2.75. The van der Waals surface area contributed by atoms with E-state index < -0.39 is 4.92 Å². The Labute approximate surface area is 178 Å². The van der Waals surface area contributed by atoms with Crippen LogP contribution in [0.1, 0.15) is 5.56 Å². The number of anilines is 4. The molecule has 0 bridgehead atoms. The first kappa shape index (κ1) is 19.8. The van der Waals surface area contributed by atoms with Gasteiger partial charge in [-0.2, -0.15) is 0 Å². The first-order chi connectivity index (χ1) is 14.5. The van der Waals surface area contributed by atoms with Crippen LogP contribution in [-0.2, 0) is 0 Å². The van der Waals surface area contributed by atoms with E-state index in [2.05, 4.69) is 25.2 Å². The Balaban J connectivity index is 1.55. The third kappa shape index (κ3) is 4.25. The van der Waals surface area contributed by atoms with Crippen molar-refractivity contribution in [2.24, 2.45) is 0 Å². The van der Waals surface area contributed by atoms with E-state index in [-0.39, 0.29) is 11.5 Å². The number of rotatable bonds is 5. The van der Waals surface area contributed by atoms with Crippen molar-refractivity contribution in [1.82, 2.24) is 15.0 Å². The molecule has 1 N–H and O–H groups in total. The number of nitrogens with one attached hydrogen (secondary N) is 1. The summed E-state index contributed by atoms with van der Waals surface area (Å²) < 4.78 is 0. The average molecular weight is 426 g/mol. The standard InChI is InChI=1S/C20H20ClN7O2/c1-14-5-6-17(22-12-14)25-19-18(28(29)30)20(24-13-23-19)27-9-7-26(8-10-27)16-4-2-3-15(21)11-16/h2-6,11-13H,7-10H2,1H3,(H,22,23,24,25). The van der Waals surface area contributed by atoms with Gasteiger partial charge in [-0.3, -0.25) is 10.1 Å². The van der Waals surface area contributed by atoms with Crippen molar-refractivity contribution in [3.63, 3.8) is 0 Å². The molecule has 1 aromatic carbocycles. The minimum absolute atomic E-state index is 0.124. The lowest BCUT2D eigenvalue weighted by Gasteiger charge is -2.36. The van der Waals surface area contributed by atoms with Crippen LogP contribution in [0.2, 0.25) is 5.02 Å². The molecule has 0 saturated carbocycles. The zero-order valence-electron chi connectivity index (χ0n) is 16.3. The van der Waals surface area contributed by atoms with Gasteiger partial charge in [-0.15, -0.1) is 0 Å². The minimum Gasteiger partial charge on any atom is -0.368 e. The van der Waals surface area contributed by atoms with Gasteiger partial charge in [0.15, 0.2) is 0 Å². The van der Waals surface area contributed by atoms with Crippen molar-refractivity contribution in [3.05, 3.63) is 69.6 Å². The van der Waals surface area contributed by atoms with Crippen molar-refractivity contribution in [3.8, 4) is 0 Å². The molecular formula is C20H20ClN7O2. The van der Waals surface area contributed by atoms with Crippen LogP contribution in [0, 0.1) is 17.0 Å². The number of pyridine rings is 1. The minimum atomic E-state index is -0.449. The van der Waals surface area contributed by atoms with Crippen molar-refractivity contribution >= 4 is 40.4 Å². The smallest absolute Gasteiger partial charge is 0.353 e. The van der Waals surface area contributed by atoms with Crippen LogP contribution < -0.4 is 15.1 Å². The molecule has 0 unspecified atom stereocenters. The van der Waals surface area contributed by atoms with E-state index in [1.807, 2.05) is 42.2 Å². The number of hydrogen-bond acceptors (Lipinski definition) is 8. The van der Waals surface area contributed by atoms with E-state index in [1.165, 1.54) is 6.33 Å². The van der Waals surface area contributed by atoms with E-state index >= 15 is 0 Å². The van der Waals surface area contributed by atoms with E-state index in [0.717, 1.165) is 11.3 Å². The second-order valence-electron chi connectivity index (χ2n) is 6.95. The molecular weight excluding hydrogens is 406 g/mol. The molecule has 1 fully saturated rings. The Hall–Kier alpha value is -3.46. The number of aryl methyl sites for hydroxylation is 1. The van der Waals surface area contributed by atoms with Crippen LogP contribution in [0.25, 0.3) is 0 Å². The van der Waals surface area contributed by atoms with E-state index in [0.29, 0.717) is 42.8 Å².